The van der Waals surface area contributed by atoms with Crippen LogP contribution in [0.1, 0.15) is 6.42 Å². The van der Waals surface area contributed by atoms with Gasteiger partial charge in [-0.2, -0.15) is 5.06 Å². The van der Waals surface area contributed by atoms with Crippen molar-refractivity contribution in [1.29, 1.82) is 0 Å². The predicted octanol–water partition coefficient (Wildman–Crippen LogP) is 0.202. The molecule has 4 heteroatoms. The minimum Gasteiger partial charge on any atom is -0.379 e. The Labute approximate surface area is 80.4 Å². The van der Waals surface area contributed by atoms with Crippen molar-refractivity contribution in [2.24, 2.45) is 0 Å². The number of hydrogen-bond acceptors (Lipinski definition) is 4. The summed E-state index contributed by atoms with van der Waals surface area (Å²) in [6, 6.07) is 0. The Kier molecular flexibility index (Phi) is 5.31. The average molecular weight is 188 g/mol. The zero-order valence-electron chi connectivity index (χ0n) is 8.66. The highest BCUT2D eigenvalue weighted by atomic mass is 16.7. The lowest BCUT2D eigenvalue weighted by molar-refractivity contribution is -0.121. The Morgan fingerprint density at radius 3 is 2.62 bits per heavy atom. The van der Waals surface area contributed by atoms with Crippen LogP contribution in [0.15, 0.2) is 0 Å². The molecule has 13 heavy (non-hydrogen) atoms. The summed E-state index contributed by atoms with van der Waals surface area (Å²) in [4.78, 5) is 7.73. The molecule has 0 aromatic heterocycles. The molecular formula is C9H20N2O2. The molecule has 0 unspecified atom stereocenters. The van der Waals surface area contributed by atoms with E-state index in [1.54, 1.807) is 5.06 Å². The fourth-order valence-corrected chi connectivity index (χ4v) is 1.36. The molecule has 1 saturated heterocycles. The van der Waals surface area contributed by atoms with Crippen molar-refractivity contribution >= 4 is 0 Å². The largest absolute Gasteiger partial charge is 0.379 e. The van der Waals surface area contributed by atoms with E-state index in [9.17, 15) is 0 Å². The molecule has 1 aliphatic heterocycles. The molecule has 0 spiro atoms. The van der Waals surface area contributed by atoms with E-state index in [-0.39, 0.29) is 0 Å². The molecule has 4 nitrogen and oxygen atoms in total. The maximum atomic E-state index is 5.31. The van der Waals surface area contributed by atoms with Crippen molar-refractivity contribution in [2.75, 3.05) is 53.6 Å². The number of rotatable bonds is 5. The molecule has 0 N–H and O–H groups in total. The van der Waals surface area contributed by atoms with Gasteiger partial charge in [0, 0.05) is 33.7 Å². The lowest BCUT2D eigenvalue weighted by atomic mass is 10.3. The number of morpholine rings is 1. The van der Waals surface area contributed by atoms with Crippen LogP contribution >= 0.6 is 0 Å². The van der Waals surface area contributed by atoms with Gasteiger partial charge in [0.1, 0.15) is 0 Å². The zero-order valence-corrected chi connectivity index (χ0v) is 8.66. The van der Waals surface area contributed by atoms with Gasteiger partial charge in [-0.1, -0.05) is 0 Å². The van der Waals surface area contributed by atoms with Crippen molar-refractivity contribution in [1.82, 2.24) is 9.96 Å². The highest BCUT2D eigenvalue weighted by Crippen LogP contribution is 1.98. The van der Waals surface area contributed by atoms with Crippen LogP contribution in [0.3, 0.4) is 0 Å². The second kappa shape index (κ2) is 6.32. The number of hydroxylamine groups is 2. The molecule has 78 valence electrons. The SMILES string of the molecule is CN(C)OCCCN1CCOCC1. The molecule has 0 aromatic rings. The van der Waals surface area contributed by atoms with Crippen LogP contribution < -0.4 is 0 Å². The van der Waals surface area contributed by atoms with Crippen LogP contribution in [0.25, 0.3) is 0 Å². The van der Waals surface area contributed by atoms with Crippen LogP contribution in [0.2, 0.25) is 0 Å². The van der Waals surface area contributed by atoms with Crippen LogP contribution in [-0.4, -0.2) is 63.5 Å². The molecule has 1 rings (SSSR count). The molecule has 0 radical (unpaired) electrons. The highest BCUT2D eigenvalue weighted by Gasteiger charge is 2.08. The van der Waals surface area contributed by atoms with Gasteiger partial charge in [0.2, 0.25) is 0 Å². The minimum absolute atomic E-state index is 0.810. The van der Waals surface area contributed by atoms with Gasteiger partial charge in [0.25, 0.3) is 0 Å². The molecule has 0 aliphatic carbocycles. The number of hydrogen-bond donors (Lipinski definition) is 0. The van der Waals surface area contributed by atoms with E-state index < -0.39 is 0 Å². The Morgan fingerprint density at radius 1 is 1.31 bits per heavy atom. The van der Waals surface area contributed by atoms with E-state index in [2.05, 4.69) is 4.90 Å². The molecule has 0 atom stereocenters. The first-order chi connectivity index (χ1) is 6.29. The van der Waals surface area contributed by atoms with Crippen molar-refractivity contribution in [3.05, 3.63) is 0 Å². The van der Waals surface area contributed by atoms with E-state index in [0.717, 1.165) is 45.9 Å². The molecule has 0 aromatic carbocycles. The van der Waals surface area contributed by atoms with Gasteiger partial charge in [-0.05, 0) is 6.42 Å². The summed E-state index contributed by atoms with van der Waals surface area (Å²) < 4.78 is 5.26. The molecule has 1 heterocycles. The fourth-order valence-electron chi connectivity index (χ4n) is 1.36. The third-order valence-electron chi connectivity index (χ3n) is 2.07. The second-order valence-electron chi connectivity index (χ2n) is 3.45. The topological polar surface area (TPSA) is 24.9 Å². The summed E-state index contributed by atoms with van der Waals surface area (Å²) in [6.45, 7) is 5.84. The third kappa shape index (κ3) is 5.21. The van der Waals surface area contributed by atoms with Crippen LogP contribution in [0, 0.1) is 0 Å². The summed E-state index contributed by atoms with van der Waals surface area (Å²) in [5.41, 5.74) is 0. The Bertz CT molecular complexity index is 125. The minimum atomic E-state index is 0.810. The first kappa shape index (κ1) is 10.9. The van der Waals surface area contributed by atoms with Crippen molar-refractivity contribution < 1.29 is 9.57 Å². The van der Waals surface area contributed by atoms with E-state index in [1.165, 1.54) is 0 Å². The summed E-state index contributed by atoms with van der Waals surface area (Å²) in [7, 11) is 3.82. The first-order valence-corrected chi connectivity index (χ1v) is 4.89. The quantitative estimate of drug-likeness (QED) is 0.454. The van der Waals surface area contributed by atoms with Crippen molar-refractivity contribution in [3.63, 3.8) is 0 Å². The van der Waals surface area contributed by atoms with Gasteiger partial charge in [-0.15, -0.1) is 0 Å². The third-order valence-corrected chi connectivity index (χ3v) is 2.07. The van der Waals surface area contributed by atoms with Gasteiger partial charge in [0.15, 0.2) is 0 Å². The van der Waals surface area contributed by atoms with Crippen molar-refractivity contribution in [3.8, 4) is 0 Å². The summed E-state index contributed by atoms with van der Waals surface area (Å²) in [5, 5.41) is 1.75. The lowest BCUT2D eigenvalue weighted by Crippen LogP contribution is -2.37. The number of ether oxygens (including phenoxy) is 1. The Balaban J connectivity index is 1.92. The Hall–Kier alpha value is -0.160. The summed E-state index contributed by atoms with van der Waals surface area (Å²) in [5.74, 6) is 0. The zero-order chi connectivity index (χ0) is 9.52. The predicted molar refractivity (Wildman–Crippen MR) is 51.5 cm³/mol. The second-order valence-corrected chi connectivity index (χ2v) is 3.45. The maximum absolute atomic E-state index is 5.31. The van der Waals surface area contributed by atoms with Crippen LogP contribution in [-0.2, 0) is 9.57 Å². The summed E-state index contributed by atoms with van der Waals surface area (Å²) >= 11 is 0. The molecule has 0 amide bonds. The Morgan fingerprint density at radius 2 is 2.00 bits per heavy atom. The monoisotopic (exact) mass is 188 g/mol. The first-order valence-electron chi connectivity index (χ1n) is 4.89. The average Bonchev–Trinajstić information content (AvgIpc) is 2.14. The van der Waals surface area contributed by atoms with Gasteiger partial charge in [-0.25, -0.2) is 0 Å². The van der Waals surface area contributed by atoms with E-state index in [0.29, 0.717) is 0 Å². The van der Waals surface area contributed by atoms with E-state index >= 15 is 0 Å². The van der Waals surface area contributed by atoms with Crippen molar-refractivity contribution in [2.45, 2.75) is 6.42 Å². The van der Waals surface area contributed by atoms with E-state index in [1.807, 2.05) is 14.1 Å². The lowest BCUT2D eigenvalue weighted by Gasteiger charge is -2.26. The number of nitrogens with zero attached hydrogens (tertiary/aromatic N) is 2. The normalized spacial score (nSPS) is 19.6. The molecule has 1 aliphatic rings. The van der Waals surface area contributed by atoms with Gasteiger partial charge in [-0.3, -0.25) is 9.74 Å². The van der Waals surface area contributed by atoms with Gasteiger partial charge < -0.3 is 4.74 Å². The highest BCUT2D eigenvalue weighted by molar-refractivity contribution is 4.60. The molecule has 0 bridgehead atoms. The summed E-state index contributed by atoms with van der Waals surface area (Å²) in [6.07, 6.45) is 1.10. The molecule has 0 saturated carbocycles. The molecule has 1 fully saturated rings. The standard InChI is InChI=1S/C9H20N2O2/c1-10(2)13-7-3-4-11-5-8-12-9-6-11/h3-9H2,1-2H3. The molecular weight excluding hydrogens is 168 g/mol. The van der Waals surface area contributed by atoms with Crippen LogP contribution in [0.4, 0.5) is 0 Å². The van der Waals surface area contributed by atoms with Gasteiger partial charge in [0.05, 0.1) is 19.8 Å². The van der Waals surface area contributed by atoms with E-state index in [4.69, 9.17) is 9.57 Å². The van der Waals surface area contributed by atoms with Crippen LogP contribution in [0.5, 0.6) is 0 Å². The fraction of sp³-hybridized carbons (Fsp3) is 1.00. The van der Waals surface area contributed by atoms with Gasteiger partial charge >= 0.3 is 0 Å². The maximum Gasteiger partial charge on any atom is 0.0697 e. The smallest absolute Gasteiger partial charge is 0.0697 e.